The van der Waals surface area contributed by atoms with Crippen molar-refractivity contribution in [2.24, 2.45) is 4.99 Å². The lowest BCUT2D eigenvalue weighted by Crippen LogP contribution is -2.44. The second kappa shape index (κ2) is 8.78. The minimum Gasteiger partial charge on any atom is -0.496 e. The summed E-state index contributed by atoms with van der Waals surface area (Å²) >= 11 is 0. The van der Waals surface area contributed by atoms with Crippen molar-refractivity contribution in [1.82, 2.24) is 15.5 Å². The summed E-state index contributed by atoms with van der Waals surface area (Å²) in [5, 5.41) is 6.30. The average Bonchev–Trinajstić information content (AvgIpc) is 3.02. The smallest absolute Gasteiger partial charge is 0.407 e. The number of ether oxygens (including phenoxy) is 2. The Labute approximate surface area is 155 Å². The van der Waals surface area contributed by atoms with E-state index >= 15 is 0 Å². The maximum absolute atomic E-state index is 11.9. The first kappa shape index (κ1) is 19.9. The average molecular weight is 362 g/mol. The molecule has 1 heterocycles. The van der Waals surface area contributed by atoms with Gasteiger partial charge in [-0.05, 0) is 33.3 Å². The normalized spacial score (nSPS) is 17.8. The Morgan fingerprint density at radius 2 is 2.08 bits per heavy atom. The molecule has 7 heteroatoms. The number of hydrogen-bond acceptors (Lipinski definition) is 4. The van der Waals surface area contributed by atoms with E-state index in [9.17, 15) is 4.79 Å². The van der Waals surface area contributed by atoms with Crippen LogP contribution in [0.25, 0.3) is 0 Å². The predicted molar refractivity (Wildman–Crippen MR) is 103 cm³/mol. The van der Waals surface area contributed by atoms with E-state index in [1.54, 1.807) is 14.2 Å². The minimum absolute atomic E-state index is 0.0506. The number of methoxy groups -OCH3 is 1. The summed E-state index contributed by atoms with van der Waals surface area (Å²) in [7, 11) is 3.43. The summed E-state index contributed by atoms with van der Waals surface area (Å²) in [6.07, 6.45) is 0.482. The Bertz CT molecular complexity index is 640. The molecule has 2 rings (SSSR count). The summed E-state index contributed by atoms with van der Waals surface area (Å²) < 4.78 is 10.7. The molecule has 0 aliphatic carbocycles. The van der Waals surface area contributed by atoms with Crippen LogP contribution in [0, 0.1) is 0 Å². The van der Waals surface area contributed by atoms with E-state index in [1.807, 2.05) is 45.0 Å². The van der Waals surface area contributed by atoms with Crippen LogP contribution < -0.4 is 15.4 Å². The summed E-state index contributed by atoms with van der Waals surface area (Å²) in [4.78, 5) is 18.4. The van der Waals surface area contributed by atoms with Crippen LogP contribution >= 0.6 is 0 Å². The Kier molecular flexibility index (Phi) is 6.71. The number of para-hydroxylation sites is 1. The number of amides is 1. The van der Waals surface area contributed by atoms with Crippen molar-refractivity contribution in [3.63, 3.8) is 0 Å². The topological polar surface area (TPSA) is 75.2 Å². The van der Waals surface area contributed by atoms with Crippen LogP contribution in [0.2, 0.25) is 0 Å². The van der Waals surface area contributed by atoms with E-state index in [1.165, 1.54) is 0 Å². The van der Waals surface area contributed by atoms with Crippen LogP contribution in [0.5, 0.6) is 5.75 Å². The van der Waals surface area contributed by atoms with Crippen LogP contribution in [0.3, 0.4) is 0 Å². The van der Waals surface area contributed by atoms with E-state index in [2.05, 4.69) is 20.5 Å². The molecule has 1 aromatic carbocycles. The molecule has 1 saturated heterocycles. The molecule has 1 fully saturated rings. The van der Waals surface area contributed by atoms with Gasteiger partial charge in [-0.3, -0.25) is 4.99 Å². The first-order valence-corrected chi connectivity index (χ1v) is 8.89. The summed E-state index contributed by atoms with van der Waals surface area (Å²) in [6.45, 7) is 7.72. The van der Waals surface area contributed by atoms with Gasteiger partial charge in [0.15, 0.2) is 5.96 Å². The summed E-state index contributed by atoms with van der Waals surface area (Å²) in [5.41, 5.74) is 0.577. The van der Waals surface area contributed by atoms with Gasteiger partial charge in [0.2, 0.25) is 0 Å². The van der Waals surface area contributed by atoms with E-state index < -0.39 is 5.60 Å². The second-order valence-electron chi connectivity index (χ2n) is 7.29. The maximum Gasteiger partial charge on any atom is 0.407 e. The largest absolute Gasteiger partial charge is 0.496 e. The number of hydrogen-bond donors (Lipinski definition) is 2. The SMILES string of the molecule is CN=C(NCc1ccccc1OC)N1CCC(NC(=O)OC(C)(C)C)C1. The molecule has 0 spiro atoms. The molecule has 2 N–H and O–H groups in total. The van der Waals surface area contributed by atoms with Gasteiger partial charge < -0.3 is 25.0 Å². The van der Waals surface area contributed by atoms with Gasteiger partial charge in [0.1, 0.15) is 11.4 Å². The number of rotatable bonds is 4. The monoisotopic (exact) mass is 362 g/mol. The van der Waals surface area contributed by atoms with E-state index in [0.29, 0.717) is 13.1 Å². The number of aliphatic imine (C=N–C) groups is 1. The fourth-order valence-corrected chi connectivity index (χ4v) is 2.90. The van der Waals surface area contributed by atoms with Crippen molar-refractivity contribution in [2.75, 3.05) is 27.2 Å². The third-order valence-electron chi connectivity index (χ3n) is 4.05. The number of guanidine groups is 1. The van der Waals surface area contributed by atoms with Gasteiger partial charge in [0, 0.05) is 32.2 Å². The number of alkyl carbamates (subject to hydrolysis) is 1. The maximum atomic E-state index is 11.9. The quantitative estimate of drug-likeness (QED) is 0.635. The fourth-order valence-electron chi connectivity index (χ4n) is 2.90. The molecule has 1 unspecified atom stereocenters. The Morgan fingerprint density at radius 1 is 1.35 bits per heavy atom. The fraction of sp³-hybridized carbons (Fsp3) is 0.579. The predicted octanol–water partition coefficient (Wildman–Crippen LogP) is 2.37. The van der Waals surface area contributed by atoms with E-state index in [4.69, 9.17) is 9.47 Å². The Hall–Kier alpha value is -2.44. The highest BCUT2D eigenvalue weighted by Crippen LogP contribution is 2.17. The van der Waals surface area contributed by atoms with Crippen LogP contribution in [0.1, 0.15) is 32.8 Å². The van der Waals surface area contributed by atoms with Gasteiger partial charge in [0.25, 0.3) is 0 Å². The van der Waals surface area contributed by atoms with Gasteiger partial charge in [-0.15, -0.1) is 0 Å². The molecule has 1 amide bonds. The van der Waals surface area contributed by atoms with Crippen LogP contribution in [-0.4, -0.2) is 55.8 Å². The summed E-state index contributed by atoms with van der Waals surface area (Å²) in [5.74, 6) is 1.66. The molecule has 0 aromatic heterocycles. The molecule has 0 bridgehead atoms. The molecular formula is C19H30N4O3. The molecule has 1 aliphatic rings. The molecule has 1 aromatic rings. The molecule has 26 heavy (non-hydrogen) atoms. The number of carbonyl (C=O) groups excluding carboxylic acids is 1. The van der Waals surface area contributed by atoms with Crippen LogP contribution in [0.15, 0.2) is 29.3 Å². The van der Waals surface area contributed by atoms with Crippen molar-refractivity contribution >= 4 is 12.1 Å². The first-order chi connectivity index (χ1) is 12.3. The minimum atomic E-state index is -0.491. The number of carbonyl (C=O) groups is 1. The number of nitrogens with zero attached hydrogens (tertiary/aromatic N) is 2. The van der Waals surface area contributed by atoms with Crippen LogP contribution in [0.4, 0.5) is 4.79 Å². The van der Waals surface area contributed by atoms with Gasteiger partial charge in [-0.2, -0.15) is 0 Å². The third kappa shape index (κ3) is 5.82. The lowest BCUT2D eigenvalue weighted by atomic mass is 10.2. The second-order valence-corrected chi connectivity index (χ2v) is 7.29. The molecule has 1 atom stereocenters. The number of nitrogens with one attached hydrogen (secondary N) is 2. The Balaban J connectivity index is 1.86. The van der Waals surface area contributed by atoms with Crippen molar-refractivity contribution in [1.29, 1.82) is 0 Å². The molecule has 1 aliphatic heterocycles. The zero-order valence-electron chi connectivity index (χ0n) is 16.3. The van der Waals surface area contributed by atoms with E-state index in [-0.39, 0.29) is 12.1 Å². The lowest BCUT2D eigenvalue weighted by molar-refractivity contribution is 0.0507. The van der Waals surface area contributed by atoms with Crippen molar-refractivity contribution < 1.29 is 14.3 Å². The highest BCUT2D eigenvalue weighted by Gasteiger charge is 2.27. The standard InChI is InChI=1S/C19H30N4O3/c1-19(2,3)26-18(24)22-15-10-11-23(13-15)17(20-4)21-12-14-8-6-7-9-16(14)25-5/h6-9,15H,10-13H2,1-5H3,(H,20,21)(H,22,24). The molecule has 0 radical (unpaired) electrons. The van der Waals surface area contributed by atoms with Gasteiger partial charge in [-0.1, -0.05) is 18.2 Å². The van der Waals surface area contributed by atoms with Crippen molar-refractivity contribution in [3.05, 3.63) is 29.8 Å². The Morgan fingerprint density at radius 3 is 2.73 bits per heavy atom. The molecule has 144 valence electrons. The van der Waals surface area contributed by atoms with E-state index in [0.717, 1.165) is 30.2 Å². The summed E-state index contributed by atoms with van der Waals surface area (Å²) in [6, 6.07) is 7.95. The zero-order chi connectivity index (χ0) is 19.2. The van der Waals surface area contributed by atoms with Gasteiger partial charge in [0.05, 0.1) is 13.2 Å². The lowest BCUT2D eigenvalue weighted by Gasteiger charge is -2.23. The van der Waals surface area contributed by atoms with Gasteiger partial charge >= 0.3 is 6.09 Å². The highest BCUT2D eigenvalue weighted by molar-refractivity contribution is 5.80. The van der Waals surface area contributed by atoms with Gasteiger partial charge in [-0.25, -0.2) is 4.79 Å². The molecular weight excluding hydrogens is 332 g/mol. The molecule has 0 saturated carbocycles. The van der Waals surface area contributed by atoms with Crippen molar-refractivity contribution in [3.8, 4) is 5.75 Å². The van der Waals surface area contributed by atoms with Crippen LogP contribution in [-0.2, 0) is 11.3 Å². The number of likely N-dealkylation sites (tertiary alicyclic amines) is 1. The zero-order valence-corrected chi connectivity index (χ0v) is 16.3. The third-order valence-corrected chi connectivity index (χ3v) is 4.05. The first-order valence-electron chi connectivity index (χ1n) is 8.89. The number of benzene rings is 1. The van der Waals surface area contributed by atoms with Crippen molar-refractivity contribution in [2.45, 2.75) is 45.4 Å². The highest BCUT2D eigenvalue weighted by atomic mass is 16.6. The molecule has 7 nitrogen and oxygen atoms in total.